The van der Waals surface area contributed by atoms with Gasteiger partial charge >= 0.3 is 7.48 Å². The van der Waals surface area contributed by atoms with E-state index >= 15 is 0 Å². The predicted octanol–water partition coefficient (Wildman–Crippen LogP) is 3.45. The van der Waals surface area contributed by atoms with Crippen molar-refractivity contribution in [2.75, 3.05) is 13.7 Å². The molecule has 29 heavy (non-hydrogen) atoms. The predicted molar refractivity (Wildman–Crippen MR) is 118 cm³/mol. The average Bonchev–Trinajstić information content (AvgIpc) is 3.34. The van der Waals surface area contributed by atoms with Crippen molar-refractivity contribution >= 4 is 12.9 Å². The lowest BCUT2D eigenvalue weighted by Crippen LogP contribution is -2.50. The summed E-state index contributed by atoms with van der Waals surface area (Å²) in [6, 6.07) is 6.96. The molecule has 5 nitrogen and oxygen atoms in total. The molecule has 1 saturated heterocycles. The van der Waals surface area contributed by atoms with Crippen LogP contribution in [0.1, 0.15) is 70.1 Å². The van der Waals surface area contributed by atoms with Gasteiger partial charge in [-0.2, -0.15) is 0 Å². The Labute approximate surface area is 175 Å². The molecule has 1 atom stereocenters. The monoisotopic (exact) mass is 394 g/mol. The van der Waals surface area contributed by atoms with Gasteiger partial charge in [-0.1, -0.05) is 23.7 Å². The highest BCUT2D eigenvalue weighted by molar-refractivity contribution is 6.47. The van der Waals surface area contributed by atoms with Gasteiger partial charge in [-0.25, -0.2) is 4.98 Å². The molecule has 0 amide bonds. The largest absolute Gasteiger partial charge is 0.427 e. The van der Waals surface area contributed by atoms with Gasteiger partial charge in [0.15, 0.2) is 0 Å². The Hall–Kier alpha value is -1.63. The second-order valence-electron chi connectivity index (χ2n) is 9.33. The summed E-state index contributed by atoms with van der Waals surface area (Å²) in [6.07, 6.45) is 5.63. The van der Waals surface area contributed by atoms with Crippen LogP contribution in [-0.4, -0.2) is 42.3 Å². The standard InChI is InChI=1S/C23H33BN3O2/c1-22(2,28-5)23(3,4)29-24-16-11-12-17-15(14-16)8-6-9-18-20(17)27-21(26-18)19-10-7-13-25-19/h11-12,14,19,25H,6-10,13H2,1-5H3,(H,26,27)/t19-/m0/s1. The van der Waals surface area contributed by atoms with E-state index in [0.717, 1.165) is 49.2 Å². The van der Waals surface area contributed by atoms with Crippen molar-refractivity contribution in [3.8, 4) is 11.3 Å². The molecule has 0 unspecified atom stereocenters. The number of aromatic nitrogens is 2. The first-order valence-corrected chi connectivity index (χ1v) is 10.8. The molecule has 1 aromatic heterocycles. The lowest BCUT2D eigenvalue weighted by Gasteiger charge is -2.40. The first-order chi connectivity index (χ1) is 13.8. The number of ether oxygens (including phenoxy) is 1. The van der Waals surface area contributed by atoms with Gasteiger partial charge in [-0.3, -0.25) is 0 Å². The van der Waals surface area contributed by atoms with E-state index in [2.05, 4.69) is 42.3 Å². The fraction of sp³-hybridized carbons (Fsp3) is 0.609. The summed E-state index contributed by atoms with van der Waals surface area (Å²) in [6.45, 7) is 9.31. The second-order valence-corrected chi connectivity index (χ2v) is 9.33. The number of rotatable bonds is 6. The van der Waals surface area contributed by atoms with Gasteiger partial charge in [0.05, 0.1) is 22.9 Å². The Kier molecular flexibility index (Phi) is 5.62. The van der Waals surface area contributed by atoms with Crippen LogP contribution in [0, 0.1) is 0 Å². The number of aromatic amines is 1. The highest BCUT2D eigenvalue weighted by Crippen LogP contribution is 2.33. The zero-order valence-electron chi connectivity index (χ0n) is 18.4. The molecule has 2 aromatic rings. The number of hydrogen-bond acceptors (Lipinski definition) is 4. The van der Waals surface area contributed by atoms with Crippen molar-refractivity contribution in [2.45, 2.75) is 77.0 Å². The van der Waals surface area contributed by atoms with Crippen LogP contribution in [0.25, 0.3) is 11.3 Å². The van der Waals surface area contributed by atoms with Crippen LogP contribution in [0.15, 0.2) is 18.2 Å². The molecule has 4 rings (SSSR count). The number of hydrogen-bond donors (Lipinski definition) is 2. The van der Waals surface area contributed by atoms with E-state index in [0.29, 0.717) is 6.04 Å². The van der Waals surface area contributed by atoms with Crippen LogP contribution in [0.3, 0.4) is 0 Å². The number of H-pyrrole nitrogens is 1. The molecule has 1 radical (unpaired) electrons. The lowest BCUT2D eigenvalue weighted by atomic mass is 9.81. The third kappa shape index (κ3) is 4.03. The zero-order valence-corrected chi connectivity index (χ0v) is 18.4. The SMILES string of the molecule is COC(C)(C)C(C)(C)O[B]c1ccc2c(c1)CCCc1[nH]c([C@@H]3CCCN3)nc1-2. The Morgan fingerprint density at radius 1 is 1.10 bits per heavy atom. The molecule has 1 aliphatic carbocycles. The number of benzene rings is 1. The summed E-state index contributed by atoms with van der Waals surface area (Å²) >= 11 is 0. The second kappa shape index (κ2) is 7.90. The Morgan fingerprint density at radius 2 is 1.93 bits per heavy atom. The van der Waals surface area contributed by atoms with Crippen molar-refractivity contribution in [3.63, 3.8) is 0 Å². The topological polar surface area (TPSA) is 59.2 Å². The summed E-state index contributed by atoms with van der Waals surface area (Å²) in [5.41, 5.74) is 5.28. The number of nitrogens with one attached hydrogen (secondary N) is 2. The minimum absolute atomic E-state index is 0.373. The minimum Gasteiger partial charge on any atom is -0.427 e. The van der Waals surface area contributed by atoms with E-state index < -0.39 is 5.60 Å². The maximum Gasteiger partial charge on any atom is 0.330 e. The van der Waals surface area contributed by atoms with Crippen LogP contribution in [0.5, 0.6) is 0 Å². The smallest absolute Gasteiger partial charge is 0.330 e. The number of nitrogens with zero attached hydrogens (tertiary/aromatic N) is 1. The maximum absolute atomic E-state index is 6.15. The molecule has 1 aromatic carbocycles. The van der Waals surface area contributed by atoms with Gasteiger partial charge < -0.3 is 19.7 Å². The molecule has 0 bridgehead atoms. The molecule has 0 saturated carbocycles. The minimum atomic E-state index is -0.437. The number of imidazole rings is 1. The van der Waals surface area contributed by atoms with Gasteiger partial charge in [0.1, 0.15) is 5.82 Å². The quantitative estimate of drug-likeness (QED) is 0.737. The van der Waals surface area contributed by atoms with Gasteiger partial charge in [0.2, 0.25) is 0 Å². The van der Waals surface area contributed by atoms with E-state index in [1.165, 1.54) is 23.2 Å². The Balaban J connectivity index is 1.56. The molecule has 2 heterocycles. The fourth-order valence-corrected chi connectivity index (χ4v) is 4.10. The molecule has 1 fully saturated rings. The maximum atomic E-state index is 6.15. The van der Waals surface area contributed by atoms with Crippen molar-refractivity contribution in [1.29, 1.82) is 0 Å². The van der Waals surface area contributed by atoms with Crippen LogP contribution in [0.2, 0.25) is 0 Å². The van der Waals surface area contributed by atoms with Crippen molar-refractivity contribution in [1.82, 2.24) is 15.3 Å². The first kappa shape index (κ1) is 20.6. The molecule has 155 valence electrons. The van der Waals surface area contributed by atoms with E-state index in [-0.39, 0.29) is 5.60 Å². The van der Waals surface area contributed by atoms with E-state index in [1.807, 2.05) is 21.3 Å². The molecular weight excluding hydrogens is 361 g/mol. The van der Waals surface area contributed by atoms with Gasteiger partial charge in [-0.15, -0.1) is 0 Å². The normalized spacial score (nSPS) is 19.6. The first-order valence-electron chi connectivity index (χ1n) is 10.8. The molecular formula is C23H33BN3O2. The van der Waals surface area contributed by atoms with Gasteiger partial charge in [0.25, 0.3) is 0 Å². The van der Waals surface area contributed by atoms with E-state index in [4.69, 9.17) is 14.4 Å². The lowest BCUT2D eigenvalue weighted by molar-refractivity contribution is -0.114. The summed E-state index contributed by atoms with van der Waals surface area (Å²) in [5.74, 6) is 1.10. The van der Waals surface area contributed by atoms with E-state index in [1.54, 1.807) is 7.11 Å². The van der Waals surface area contributed by atoms with Crippen LogP contribution in [-0.2, 0) is 22.2 Å². The molecule has 6 heteroatoms. The highest BCUT2D eigenvalue weighted by atomic mass is 16.5. The molecule has 1 aliphatic heterocycles. The summed E-state index contributed by atoms with van der Waals surface area (Å²) < 4.78 is 11.8. The summed E-state index contributed by atoms with van der Waals surface area (Å²) in [4.78, 5) is 8.64. The molecule has 2 aliphatic rings. The van der Waals surface area contributed by atoms with Crippen LogP contribution < -0.4 is 10.8 Å². The van der Waals surface area contributed by atoms with Crippen molar-refractivity contribution < 1.29 is 9.39 Å². The zero-order chi connectivity index (χ0) is 20.6. The van der Waals surface area contributed by atoms with E-state index in [9.17, 15) is 0 Å². The average molecular weight is 394 g/mol. The molecule has 2 N–H and O–H groups in total. The van der Waals surface area contributed by atoms with Gasteiger partial charge in [-0.05, 0) is 71.9 Å². The number of methoxy groups -OCH3 is 1. The van der Waals surface area contributed by atoms with Crippen molar-refractivity contribution in [2.24, 2.45) is 0 Å². The Bertz CT molecular complexity index is 869. The van der Waals surface area contributed by atoms with Gasteiger partial charge in [0, 0.05) is 18.4 Å². The highest BCUT2D eigenvalue weighted by Gasteiger charge is 2.38. The Morgan fingerprint density at radius 3 is 2.66 bits per heavy atom. The molecule has 0 spiro atoms. The van der Waals surface area contributed by atoms with Crippen LogP contribution in [0.4, 0.5) is 0 Å². The summed E-state index contributed by atoms with van der Waals surface area (Å²) in [7, 11) is 3.59. The number of fused-ring (bicyclic) bond motifs is 3. The van der Waals surface area contributed by atoms with Crippen molar-refractivity contribution in [3.05, 3.63) is 35.3 Å². The number of aryl methyl sites for hydroxylation is 2. The fourth-order valence-electron chi connectivity index (χ4n) is 4.10. The third-order valence-electron chi connectivity index (χ3n) is 6.89. The third-order valence-corrected chi connectivity index (χ3v) is 6.89. The summed E-state index contributed by atoms with van der Waals surface area (Å²) in [5, 5.41) is 3.55. The van der Waals surface area contributed by atoms with Crippen LogP contribution >= 0.6 is 0 Å².